The number of hydrogen-bond acceptors (Lipinski definition) is 5. The topological polar surface area (TPSA) is 77.0 Å². The summed E-state index contributed by atoms with van der Waals surface area (Å²) in [5.41, 5.74) is 0.803. The molecule has 0 N–H and O–H groups in total. The Morgan fingerprint density at radius 3 is 2.57 bits per heavy atom. The van der Waals surface area contributed by atoms with Crippen molar-refractivity contribution < 1.29 is 26.9 Å². The minimum absolute atomic E-state index is 0.141. The van der Waals surface area contributed by atoms with Crippen LogP contribution in [0.15, 0.2) is 40.9 Å². The lowest BCUT2D eigenvalue weighted by atomic mass is 9.95. The SMILES string of the molecule is Cc1nn(C)c2cc(-c3noc(C4CCN(C(=O)c5cc(F)ccc5C(F)(F)F)CC4)n3)ccc12. The van der Waals surface area contributed by atoms with Gasteiger partial charge in [-0.3, -0.25) is 9.48 Å². The number of amides is 1. The molecular weight excluding hydrogens is 466 g/mol. The van der Waals surface area contributed by atoms with E-state index in [0.717, 1.165) is 22.2 Å². The molecule has 2 aromatic heterocycles. The molecule has 0 radical (unpaired) electrons. The van der Waals surface area contributed by atoms with Crippen molar-refractivity contribution >= 4 is 16.8 Å². The van der Waals surface area contributed by atoms with Crippen molar-refractivity contribution in [2.45, 2.75) is 31.9 Å². The first-order valence-corrected chi connectivity index (χ1v) is 11.0. The highest BCUT2D eigenvalue weighted by Gasteiger charge is 2.37. The second-order valence-electron chi connectivity index (χ2n) is 8.65. The van der Waals surface area contributed by atoms with E-state index in [1.165, 1.54) is 4.90 Å². The van der Waals surface area contributed by atoms with Gasteiger partial charge in [0.15, 0.2) is 0 Å². The molecule has 4 aromatic rings. The van der Waals surface area contributed by atoms with Gasteiger partial charge in [-0.15, -0.1) is 0 Å². The molecule has 0 atom stereocenters. The van der Waals surface area contributed by atoms with Crippen molar-refractivity contribution in [3.8, 4) is 11.4 Å². The van der Waals surface area contributed by atoms with Gasteiger partial charge in [0.1, 0.15) is 5.82 Å². The van der Waals surface area contributed by atoms with E-state index in [1.807, 2.05) is 32.2 Å². The van der Waals surface area contributed by atoms with Crippen LogP contribution in [0, 0.1) is 12.7 Å². The van der Waals surface area contributed by atoms with Crippen molar-refractivity contribution in [1.82, 2.24) is 24.8 Å². The Morgan fingerprint density at radius 2 is 1.86 bits per heavy atom. The maximum Gasteiger partial charge on any atom is 0.417 e. The van der Waals surface area contributed by atoms with Crippen molar-refractivity contribution in [2.75, 3.05) is 13.1 Å². The summed E-state index contributed by atoms with van der Waals surface area (Å²) >= 11 is 0. The zero-order chi connectivity index (χ0) is 24.9. The molecule has 35 heavy (non-hydrogen) atoms. The highest BCUT2D eigenvalue weighted by atomic mass is 19.4. The summed E-state index contributed by atoms with van der Waals surface area (Å²) < 4.78 is 60.8. The van der Waals surface area contributed by atoms with E-state index in [4.69, 9.17) is 4.52 Å². The summed E-state index contributed by atoms with van der Waals surface area (Å²) in [6, 6.07) is 7.72. The summed E-state index contributed by atoms with van der Waals surface area (Å²) in [6.45, 7) is 2.31. The molecule has 2 aromatic carbocycles. The quantitative estimate of drug-likeness (QED) is 0.376. The van der Waals surface area contributed by atoms with Gasteiger partial charge in [0, 0.05) is 37.0 Å². The second kappa shape index (κ2) is 8.47. The Kier molecular flexibility index (Phi) is 5.57. The van der Waals surface area contributed by atoms with Gasteiger partial charge in [0.2, 0.25) is 11.7 Å². The molecule has 1 aliphatic heterocycles. The van der Waals surface area contributed by atoms with Gasteiger partial charge in [-0.2, -0.15) is 23.3 Å². The highest BCUT2D eigenvalue weighted by Crippen LogP contribution is 2.35. The molecule has 1 saturated heterocycles. The average Bonchev–Trinajstić information content (AvgIpc) is 3.43. The number of carbonyl (C=O) groups excluding carboxylic acids is 1. The first-order chi connectivity index (χ1) is 16.6. The van der Waals surface area contributed by atoms with Crippen molar-refractivity contribution in [2.24, 2.45) is 7.05 Å². The van der Waals surface area contributed by atoms with Gasteiger partial charge in [-0.1, -0.05) is 17.3 Å². The molecule has 1 fully saturated rings. The summed E-state index contributed by atoms with van der Waals surface area (Å²) in [5.74, 6) is -1.04. The molecule has 182 valence electrons. The number of aromatic nitrogens is 4. The van der Waals surface area contributed by atoms with Crippen molar-refractivity contribution in [1.29, 1.82) is 0 Å². The Balaban J connectivity index is 1.30. The number of halogens is 4. The first kappa shape index (κ1) is 23.0. The van der Waals surface area contributed by atoms with E-state index in [1.54, 1.807) is 4.68 Å². The molecule has 1 amide bonds. The van der Waals surface area contributed by atoms with Crippen LogP contribution in [0.2, 0.25) is 0 Å². The number of likely N-dealkylation sites (tertiary alicyclic amines) is 1. The van der Waals surface area contributed by atoms with Crippen LogP contribution in [0.3, 0.4) is 0 Å². The summed E-state index contributed by atoms with van der Waals surface area (Å²) in [5, 5.41) is 9.53. The average molecular weight is 487 g/mol. The molecule has 0 aliphatic carbocycles. The van der Waals surface area contributed by atoms with Gasteiger partial charge in [-0.05, 0) is 44.0 Å². The smallest absolute Gasteiger partial charge is 0.339 e. The van der Waals surface area contributed by atoms with E-state index in [2.05, 4.69) is 15.2 Å². The number of aryl methyl sites for hydroxylation is 2. The maximum absolute atomic E-state index is 13.6. The largest absolute Gasteiger partial charge is 0.417 e. The molecule has 5 rings (SSSR count). The second-order valence-corrected chi connectivity index (χ2v) is 8.65. The van der Waals surface area contributed by atoms with Crippen LogP contribution in [0.5, 0.6) is 0 Å². The fraction of sp³-hybridized carbons (Fsp3) is 0.333. The molecule has 0 unspecified atom stereocenters. The van der Waals surface area contributed by atoms with E-state index in [-0.39, 0.29) is 19.0 Å². The molecule has 3 heterocycles. The van der Waals surface area contributed by atoms with E-state index in [9.17, 15) is 22.4 Å². The standard InChI is InChI=1S/C24H21F4N5O2/c1-13-17-5-3-15(11-20(17)32(2)30-13)21-29-22(35-31-21)14-7-9-33(10-8-14)23(34)18-12-16(25)4-6-19(18)24(26,27)28/h3-6,11-12,14H,7-10H2,1-2H3. The van der Waals surface area contributed by atoms with Crippen molar-refractivity contribution in [3.63, 3.8) is 0 Å². The molecule has 0 spiro atoms. The molecule has 0 saturated carbocycles. The molecule has 11 heteroatoms. The van der Waals surface area contributed by atoms with Gasteiger partial charge in [-0.25, -0.2) is 4.39 Å². The predicted molar refractivity (Wildman–Crippen MR) is 118 cm³/mol. The minimum atomic E-state index is -4.76. The predicted octanol–water partition coefficient (Wildman–Crippen LogP) is 5.11. The zero-order valence-electron chi connectivity index (χ0n) is 18.9. The van der Waals surface area contributed by atoms with Gasteiger partial charge < -0.3 is 9.42 Å². The molecular formula is C24H21F4N5O2. The monoisotopic (exact) mass is 487 g/mol. The van der Waals surface area contributed by atoms with Crippen LogP contribution in [0.4, 0.5) is 17.6 Å². The third kappa shape index (κ3) is 4.26. The zero-order valence-corrected chi connectivity index (χ0v) is 18.9. The van der Waals surface area contributed by atoms with Crippen LogP contribution in [-0.2, 0) is 13.2 Å². The molecule has 0 bridgehead atoms. The summed E-state index contributed by atoms with van der Waals surface area (Å²) in [7, 11) is 1.86. The lowest BCUT2D eigenvalue weighted by Crippen LogP contribution is -2.38. The fourth-order valence-electron chi connectivity index (χ4n) is 4.54. The number of carbonyl (C=O) groups is 1. The number of hydrogen-bond donors (Lipinski definition) is 0. The Bertz CT molecular complexity index is 1420. The number of piperidine rings is 1. The normalized spacial score (nSPS) is 15.2. The number of rotatable bonds is 3. The number of fused-ring (bicyclic) bond motifs is 1. The summed E-state index contributed by atoms with van der Waals surface area (Å²) in [4.78, 5) is 18.6. The number of nitrogens with zero attached hydrogens (tertiary/aromatic N) is 5. The van der Waals surface area contributed by atoms with Crippen LogP contribution >= 0.6 is 0 Å². The fourth-order valence-corrected chi connectivity index (χ4v) is 4.54. The number of alkyl halides is 3. The van der Waals surface area contributed by atoms with Gasteiger partial charge in [0.25, 0.3) is 5.91 Å². The van der Waals surface area contributed by atoms with Crippen molar-refractivity contribution in [3.05, 3.63) is 64.9 Å². The van der Waals surface area contributed by atoms with E-state index < -0.39 is 29.0 Å². The third-order valence-electron chi connectivity index (χ3n) is 6.38. The lowest BCUT2D eigenvalue weighted by Gasteiger charge is -2.31. The lowest BCUT2D eigenvalue weighted by molar-refractivity contribution is -0.138. The Labute approximate surface area is 197 Å². The molecule has 1 aliphatic rings. The Morgan fingerprint density at radius 1 is 1.11 bits per heavy atom. The third-order valence-corrected chi connectivity index (χ3v) is 6.38. The number of benzene rings is 2. The highest BCUT2D eigenvalue weighted by molar-refractivity contribution is 5.96. The van der Waals surface area contributed by atoms with Crippen LogP contribution in [-0.4, -0.2) is 43.8 Å². The van der Waals surface area contributed by atoms with Crippen LogP contribution in [0.1, 0.15) is 46.3 Å². The summed E-state index contributed by atoms with van der Waals surface area (Å²) in [6.07, 6.45) is -3.89. The molecule has 7 nitrogen and oxygen atoms in total. The Hall–Kier alpha value is -3.76. The minimum Gasteiger partial charge on any atom is -0.339 e. The van der Waals surface area contributed by atoms with Crippen LogP contribution < -0.4 is 0 Å². The van der Waals surface area contributed by atoms with Gasteiger partial charge >= 0.3 is 6.18 Å². The van der Waals surface area contributed by atoms with Gasteiger partial charge in [0.05, 0.1) is 22.3 Å². The van der Waals surface area contributed by atoms with E-state index >= 15 is 0 Å². The first-order valence-electron chi connectivity index (χ1n) is 11.0. The van der Waals surface area contributed by atoms with Crippen LogP contribution in [0.25, 0.3) is 22.3 Å². The maximum atomic E-state index is 13.6. The van der Waals surface area contributed by atoms with E-state index in [0.29, 0.717) is 42.8 Å².